The molecule has 0 radical (unpaired) electrons. The molecule has 0 aromatic heterocycles. The summed E-state index contributed by atoms with van der Waals surface area (Å²) in [5, 5.41) is 2.78. The molecule has 0 bridgehead atoms. The van der Waals surface area contributed by atoms with Crippen LogP contribution >= 0.6 is 0 Å². The second-order valence-corrected chi connectivity index (χ2v) is 10.4. The number of rotatable bonds is 8. The monoisotopic (exact) mass is 460 g/mol. The van der Waals surface area contributed by atoms with E-state index >= 15 is 0 Å². The van der Waals surface area contributed by atoms with E-state index in [1.54, 1.807) is 0 Å². The number of hydrogen-bond donors (Lipinski definition) is 2. The Balaban J connectivity index is 1.52. The fourth-order valence-corrected chi connectivity index (χ4v) is 4.63. The number of ether oxygens (including phenoxy) is 3. The van der Waals surface area contributed by atoms with Gasteiger partial charge in [-0.15, -0.1) is 0 Å². The van der Waals surface area contributed by atoms with Crippen LogP contribution in [0.2, 0.25) is 0 Å². The summed E-state index contributed by atoms with van der Waals surface area (Å²) in [4.78, 5) is 25.3. The summed E-state index contributed by atoms with van der Waals surface area (Å²) in [5.74, 6) is 0.840. The van der Waals surface area contributed by atoms with E-state index in [0.29, 0.717) is 18.9 Å². The number of alkyl carbamates (subject to hydrolysis) is 1. The molecule has 1 aromatic rings. The van der Waals surface area contributed by atoms with Crippen molar-refractivity contribution >= 4 is 12.1 Å². The van der Waals surface area contributed by atoms with Gasteiger partial charge in [0.15, 0.2) is 0 Å². The van der Waals surface area contributed by atoms with Crippen molar-refractivity contribution in [3.05, 3.63) is 29.8 Å². The average molecular weight is 461 g/mol. The number of nitrogens with two attached hydrogens (primary N) is 1. The molecule has 0 saturated heterocycles. The third kappa shape index (κ3) is 8.54. The number of amides is 1. The number of carbonyl (C=O) groups is 2. The Hall–Kier alpha value is -2.28. The lowest BCUT2D eigenvalue weighted by atomic mass is 9.83. The van der Waals surface area contributed by atoms with E-state index in [4.69, 9.17) is 19.9 Å². The fourth-order valence-electron chi connectivity index (χ4n) is 4.63. The minimum atomic E-state index is -0.688. The van der Waals surface area contributed by atoms with Crippen molar-refractivity contribution in [3.8, 4) is 5.75 Å². The summed E-state index contributed by atoms with van der Waals surface area (Å²) < 4.78 is 17.3. The maximum Gasteiger partial charge on any atom is 0.408 e. The highest BCUT2D eigenvalue weighted by Crippen LogP contribution is 2.31. The van der Waals surface area contributed by atoms with Gasteiger partial charge in [-0.05, 0) is 102 Å². The Bertz CT molecular complexity index is 760. The lowest BCUT2D eigenvalue weighted by molar-refractivity contribution is -0.152. The van der Waals surface area contributed by atoms with Crippen LogP contribution in [-0.2, 0) is 20.8 Å². The van der Waals surface area contributed by atoms with E-state index < -0.39 is 17.7 Å². The van der Waals surface area contributed by atoms with Crippen molar-refractivity contribution in [2.45, 2.75) is 109 Å². The predicted octanol–water partition coefficient (Wildman–Crippen LogP) is 4.85. The van der Waals surface area contributed by atoms with Crippen molar-refractivity contribution in [2.24, 2.45) is 11.7 Å². The molecular weight excluding hydrogens is 420 g/mol. The van der Waals surface area contributed by atoms with Gasteiger partial charge in [-0.3, -0.25) is 0 Å². The fraction of sp³-hybridized carbons (Fsp3) is 0.692. The Labute approximate surface area is 197 Å². The summed E-state index contributed by atoms with van der Waals surface area (Å²) in [6.45, 7) is 5.95. The van der Waals surface area contributed by atoms with Crippen LogP contribution in [0, 0.1) is 5.92 Å². The third-order valence-electron chi connectivity index (χ3n) is 6.39. The third-order valence-corrected chi connectivity index (χ3v) is 6.39. The second-order valence-electron chi connectivity index (χ2n) is 10.4. The van der Waals surface area contributed by atoms with Crippen LogP contribution in [0.1, 0.15) is 84.1 Å². The molecule has 0 heterocycles. The highest BCUT2D eigenvalue weighted by molar-refractivity contribution is 5.81. The van der Waals surface area contributed by atoms with Gasteiger partial charge >= 0.3 is 12.1 Å². The summed E-state index contributed by atoms with van der Waals surface area (Å²) in [5.41, 5.74) is 6.12. The normalized spacial score (nSPS) is 22.4. The highest BCUT2D eigenvalue weighted by Gasteiger charge is 2.32. The Morgan fingerprint density at radius 1 is 1.00 bits per heavy atom. The Kier molecular flexibility index (Phi) is 9.01. The predicted molar refractivity (Wildman–Crippen MR) is 127 cm³/mol. The largest absolute Gasteiger partial charge is 0.490 e. The van der Waals surface area contributed by atoms with E-state index in [2.05, 4.69) is 5.32 Å². The molecule has 2 fully saturated rings. The van der Waals surface area contributed by atoms with Crippen LogP contribution in [0.15, 0.2) is 24.3 Å². The molecule has 2 aliphatic carbocycles. The van der Waals surface area contributed by atoms with Crippen molar-refractivity contribution < 1.29 is 23.8 Å². The van der Waals surface area contributed by atoms with Gasteiger partial charge in [0.05, 0.1) is 6.10 Å². The first kappa shape index (κ1) is 25.3. The molecule has 33 heavy (non-hydrogen) atoms. The number of carbonyl (C=O) groups excluding carboxylic acids is 2. The van der Waals surface area contributed by atoms with Crippen molar-refractivity contribution in [1.82, 2.24) is 5.32 Å². The maximum atomic E-state index is 12.9. The number of esters is 1. The summed E-state index contributed by atoms with van der Waals surface area (Å²) >= 11 is 0. The molecule has 1 aromatic carbocycles. The number of nitrogens with one attached hydrogen (secondary N) is 1. The van der Waals surface area contributed by atoms with Gasteiger partial charge in [-0.2, -0.15) is 0 Å². The van der Waals surface area contributed by atoms with Gasteiger partial charge in [0, 0.05) is 6.54 Å². The van der Waals surface area contributed by atoms with Crippen molar-refractivity contribution in [3.63, 3.8) is 0 Å². The molecule has 2 saturated carbocycles. The first-order chi connectivity index (χ1) is 15.7. The molecule has 0 aliphatic heterocycles. The Morgan fingerprint density at radius 2 is 1.64 bits per heavy atom. The van der Waals surface area contributed by atoms with E-state index in [1.807, 2.05) is 45.0 Å². The van der Waals surface area contributed by atoms with Crippen LogP contribution in [0.3, 0.4) is 0 Å². The smallest absolute Gasteiger partial charge is 0.408 e. The summed E-state index contributed by atoms with van der Waals surface area (Å²) in [6, 6.07) is 7.22. The average Bonchev–Trinajstić information content (AvgIpc) is 3.27. The van der Waals surface area contributed by atoms with Crippen LogP contribution in [0.5, 0.6) is 5.75 Å². The molecule has 7 nitrogen and oxygen atoms in total. The zero-order valence-corrected chi connectivity index (χ0v) is 20.3. The lowest BCUT2D eigenvalue weighted by Gasteiger charge is -2.31. The first-order valence-electron chi connectivity index (χ1n) is 12.4. The lowest BCUT2D eigenvalue weighted by Crippen LogP contribution is -2.46. The summed E-state index contributed by atoms with van der Waals surface area (Å²) in [6.07, 6.45) is 7.80. The highest BCUT2D eigenvalue weighted by atomic mass is 16.6. The molecule has 3 rings (SSSR count). The van der Waals surface area contributed by atoms with Crippen LogP contribution in [0.4, 0.5) is 4.79 Å². The molecule has 2 aliphatic rings. The van der Waals surface area contributed by atoms with Gasteiger partial charge in [0.1, 0.15) is 23.5 Å². The standard InChI is InChI=1S/C26H40N2O5/c1-26(2,3)33-25(30)28-23(24(29)32-20-6-4-5-7-20)16-18-8-12-21(13-9-18)31-22-14-10-19(17-27)11-15-22/h10-11,14-15,18,20-21,23H,4-9,12-13,16-17,27H2,1-3H3,(H,28,30). The quantitative estimate of drug-likeness (QED) is 0.538. The zero-order chi connectivity index (χ0) is 23.8. The van der Waals surface area contributed by atoms with Gasteiger partial charge in [-0.1, -0.05) is 12.1 Å². The maximum absolute atomic E-state index is 12.9. The first-order valence-corrected chi connectivity index (χ1v) is 12.4. The van der Waals surface area contributed by atoms with Crippen molar-refractivity contribution in [1.29, 1.82) is 0 Å². The molecular formula is C26H40N2O5. The molecule has 3 N–H and O–H groups in total. The van der Waals surface area contributed by atoms with Gasteiger partial charge < -0.3 is 25.3 Å². The van der Waals surface area contributed by atoms with Gasteiger partial charge in [0.25, 0.3) is 0 Å². The molecule has 1 unspecified atom stereocenters. The van der Waals surface area contributed by atoms with Crippen molar-refractivity contribution in [2.75, 3.05) is 0 Å². The van der Waals surface area contributed by atoms with Crippen LogP contribution in [-0.4, -0.2) is 35.9 Å². The minimum Gasteiger partial charge on any atom is -0.490 e. The van der Waals surface area contributed by atoms with Crippen LogP contribution in [0.25, 0.3) is 0 Å². The molecule has 0 spiro atoms. The van der Waals surface area contributed by atoms with E-state index in [0.717, 1.165) is 62.7 Å². The van der Waals surface area contributed by atoms with E-state index in [9.17, 15) is 9.59 Å². The molecule has 1 amide bonds. The van der Waals surface area contributed by atoms with Gasteiger partial charge in [-0.25, -0.2) is 9.59 Å². The number of hydrogen-bond acceptors (Lipinski definition) is 6. The topological polar surface area (TPSA) is 99.9 Å². The summed E-state index contributed by atoms with van der Waals surface area (Å²) in [7, 11) is 0. The molecule has 1 atom stereocenters. The Morgan fingerprint density at radius 3 is 2.21 bits per heavy atom. The van der Waals surface area contributed by atoms with E-state index in [-0.39, 0.29) is 18.2 Å². The van der Waals surface area contributed by atoms with Crippen LogP contribution < -0.4 is 15.8 Å². The second kappa shape index (κ2) is 11.7. The molecule has 7 heteroatoms. The SMILES string of the molecule is CC(C)(C)OC(=O)NC(CC1CCC(Oc2ccc(CN)cc2)CC1)C(=O)OC1CCCC1. The van der Waals surface area contributed by atoms with E-state index in [1.165, 1.54) is 0 Å². The zero-order valence-electron chi connectivity index (χ0n) is 20.3. The number of benzene rings is 1. The molecule has 184 valence electrons. The van der Waals surface area contributed by atoms with Gasteiger partial charge in [0.2, 0.25) is 0 Å². The minimum absolute atomic E-state index is 0.0322.